The van der Waals surface area contributed by atoms with Crippen LogP contribution in [0.15, 0.2) is 54.6 Å². The van der Waals surface area contributed by atoms with Gasteiger partial charge in [-0.15, -0.1) is 0 Å². The number of nitrogens with zero attached hydrogens (tertiary/aromatic N) is 1. The molecule has 2 heterocycles. The lowest BCUT2D eigenvalue weighted by Crippen LogP contribution is -2.49. The number of rotatable bonds is 5. The number of methoxy groups -OCH3 is 3. The summed E-state index contributed by atoms with van der Waals surface area (Å²) in [5.41, 5.74) is 4.80. The van der Waals surface area contributed by atoms with Gasteiger partial charge in [0.1, 0.15) is 5.75 Å². The van der Waals surface area contributed by atoms with E-state index in [0.29, 0.717) is 40.6 Å². The molecule has 2 atom stereocenters. The maximum Gasteiger partial charge on any atom is 0.254 e. The van der Waals surface area contributed by atoms with Crippen LogP contribution < -0.4 is 19.5 Å². The zero-order chi connectivity index (χ0) is 24.7. The van der Waals surface area contributed by atoms with Crippen LogP contribution in [0.2, 0.25) is 0 Å². The molecule has 0 aromatic heterocycles. The molecule has 0 spiro atoms. The molecule has 7 heteroatoms. The Balaban J connectivity index is 1.69. The highest BCUT2D eigenvalue weighted by Crippen LogP contribution is 2.49. The van der Waals surface area contributed by atoms with Gasteiger partial charge >= 0.3 is 0 Å². The molecule has 0 saturated heterocycles. The Labute approximate surface area is 204 Å². The highest BCUT2D eigenvalue weighted by Gasteiger charge is 2.47. The summed E-state index contributed by atoms with van der Waals surface area (Å²) in [6.07, 6.45) is 0.737. The van der Waals surface area contributed by atoms with Crippen molar-refractivity contribution in [3.8, 4) is 17.2 Å². The van der Waals surface area contributed by atoms with E-state index in [2.05, 4.69) is 11.4 Å². The molecule has 180 valence electrons. The SMILES string of the molecule is COc1ccc(C)cc1NC(=O)[C@@H]1c2cc(OC)c(OC)cc2C(=O)N2CCc3ccccc3[C@H]12. The summed E-state index contributed by atoms with van der Waals surface area (Å²) < 4.78 is 16.5. The van der Waals surface area contributed by atoms with E-state index in [9.17, 15) is 9.59 Å². The lowest BCUT2D eigenvalue weighted by molar-refractivity contribution is -0.119. The summed E-state index contributed by atoms with van der Waals surface area (Å²) in [7, 11) is 4.65. The van der Waals surface area contributed by atoms with Crippen LogP contribution >= 0.6 is 0 Å². The summed E-state index contributed by atoms with van der Waals surface area (Å²) in [5, 5.41) is 3.08. The van der Waals surface area contributed by atoms with Gasteiger partial charge in [0.15, 0.2) is 11.5 Å². The topological polar surface area (TPSA) is 77.1 Å². The van der Waals surface area contributed by atoms with Crippen molar-refractivity contribution in [2.45, 2.75) is 25.3 Å². The molecule has 2 amide bonds. The van der Waals surface area contributed by atoms with Gasteiger partial charge < -0.3 is 24.4 Å². The van der Waals surface area contributed by atoms with Crippen LogP contribution in [-0.2, 0) is 11.2 Å². The Morgan fingerprint density at radius 3 is 2.37 bits per heavy atom. The van der Waals surface area contributed by atoms with E-state index in [1.54, 1.807) is 26.4 Å². The van der Waals surface area contributed by atoms with Crippen LogP contribution in [0.4, 0.5) is 5.69 Å². The Bertz CT molecular complexity index is 1320. The van der Waals surface area contributed by atoms with E-state index in [-0.39, 0.29) is 11.8 Å². The van der Waals surface area contributed by atoms with Gasteiger partial charge in [0.2, 0.25) is 5.91 Å². The number of amides is 2. The van der Waals surface area contributed by atoms with E-state index in [1.807, 2.05) is 48.2 Å². The van der Waals surface area contributed by atoms with Crippen LogP contribution in [0.25, 0.3) is 0 Å². The molecular formula is C28H28N2O5. The lowest BCUT2D eigenvalue weighted by Gasteiger charge is -2.45. The van der Waals surface area contributed by atoms with E-state index < -0.39 is 12.0 Å². The van der Waals surface area contributed by atoms with Crippen molar-refractivity contribution < 1.29 is 23.8 Å². The summed E-state index contributed by atoms with van der Waals surface area (Å²) >= 11 is 0. The first kappa shape index (κ1) is 22.8. The van der Waals surface area contributed by atoms with Gasteiger partial charge in [-0.3, -0.25) is 9.59 Å². The number of benzene rings is 3. The third-order valence-electron chi connectivity index (χ3n) is 6.92. The van der Waals surface area contributed by atoms with Crippen LogP contribution in [0.1, 0.15) is 44.6 Å². The number of carbonyl (C=O) groups excluding carboxylic acids is 2. The fourth-order valence-corrected chi connectivity index (χ4v) is 5.26. The van der Waals surface area contributed by atoms with Crippen molar-refractivity contribution >= 4 is 17.5 Å². The molecule has 0 radical (unpaired) electrons. The van der Waals surface area contributed by atoms with Crippen molar-refractivity contribution in [3.05, 3.63) is 82.4 Å². The summed E-state index contributed by atoms with van der Waals surface area (Å²) in [5.74, 6) is 0.509. The number of hydrogen-bond acceptors (Lipinski definition) is 5. The lowest BCUT2D eigenvalue weighted by atomic mass is 9.75. The molecule has 2 aliphatic rings. The maximum absolute atomic E-state index is 14.1. The Hall–Kier alpha value is -4.00. The summed E-state index contributed by atoms with van der Waals surface area (Å²) in [6.45, 7) is 2.49. The molecule has 3 aromatic rings. The fourth-order valence-electron chi connectivity index (χ4n) is 5.26. The van der Waals surface area contributed by atoms with E-state index >= 15 is 0 Å². The number of carbonyl (C=O) groups is 2. The normalized spacial score (nSPS) is 18.2. The van der Waals surface area contributed by atoms with Gasteiger partial charge in [-0.05, 0) is 59.9 Å². The summed E-state index contributed by atoms with van der Waals surface area (Å²) in [4.78, 5) is 29.6. The average Bonchev–Trinajstić information content (AvgIpc) is 2.88. The van der Waals surface area contributed by atoms with Gasteiger partial charge in [-0.25, -0.2) is 0 Å². The number of ether oxygens (including phenoxy) is 3. The molecule has 0 saturated carbocycles. The number of anilines is 1. The second-order valence-corrected chi connectivity index (χ2v) is 8.86. The minimum atomic E-state index is -0.658. The molecule has 35 heavy (non-hydrogen) atoms. The first-order valence-corrected chi connectivity index (χ1v) is 11.6. The number of aryl methyl sites for hydroxylation is 1. The molecule has 0 fully saturated rings. The highest BCUT2D eigenvalue weighted by molar-refractivity contribution is 6.05. The smallest absolute Gasteiger partial charge is 0.254 e. The van der Waals surface area contributed by atoms with Gasteiger partial charge in [0, 0.05) is 12.1 Å². The van der Waals surface area contributed by atoms with Gasteiger partial charge in [0.05, 0.1) is 39.0 Å². The van der Waals surface area contributed by atoms with Crippen molar-refractivity contribution in [2.75, 3.05) is 33.2 Å². The first-order valence-electron chi connectivity index (χ1n) is 11.6. The Morgan fingerprint density at radius 2 is 1.63 bits per heavy atom. The number of fused-ring (bicyclic) bond motifs is 4. The molecular weight excluding hydrogens is 444 g/mol. The van der Waals surface area contributed by atoms with Crippen molar-refractivity contribution in [1.29, 1.82) is 0 Å². The minimum absolute atomic E-state index is 0.113. The predicted octanol–water partition coefficient (Wildman–Crippen LogP) is 4.50. The highest BCUT2D eigenvalue weighted by atomic mass is 16.5. The van der Waals surface area contributed by atoms with Crippen LogP contribution in [0, 0.1) is 6.92 Å². The van der Waals surface area contributed by atoms with E-state index in [0.717, 1.165) is 23.1 Å². The minimum Gasteiger partial charge on any atom is -0.495 e. The quantitative estimate of drug-likeness (QED) is 0.592. The maximum atomic E-state index is 14.1. The van der Waals surface area contributed by atoms with Gasteiger partial charge in [-0.1, -0.05) is 30.3 Å². The van der Waals surface area contributed by atoms with Crippen LogP contribution in [0.5, 0.6) is 17.2 Å². The van der Waals surface area contributed by atoms with E-state index in [4.69, 9.17) is 14.2 Å². The first-order chi connectivity index (χ1) is 17.0. The molecule has 7 nitrogen and oxygen atoms in total. The number of hydrogen-bond donors (Lipinski definition) is 1. The molecule has 0 aliphatic carbocycles. The zero-order valence-corrected chi connectivity index (χ0v) is 20.3. The monoisotopic (exact) mass is 472 g/mol. The van der Waals surface area contributed by atoms with E-state index in [1.165, 1.54) is 7.11 Å². The molecule has 2 aliphatic heterocycles. The molecule has 5 rings (SSSR count). The molecule has 3 aromatic carbocycles. The fraction of sp³-hybridized carbons (Fsp3) is 0.286. The third kappa shape index (κ3) is 3.77. The van der Waals surface area contributed by atoms with Crippen LogP contribution in [-0.4, -0.2) is 44.6 Å². The Morgan fingerprint density at radius 1 is 0.914 bits per heavy atom. The van der Waals surface area contributed by atoms with Crippen molar-refractivity contribution in [2.24, 2.45) is 0 Å². The second-order valence-electron chi connectivity index (χ2n) is 8.86. The van der Waals surface area contributed by atoms with Crippen LogP contribution in [0.3, 0.4) is 0 Å². The second kappa shape index (κ2) is 8.98. The average molecular weight is 473 g/mol. The molecule has 0 bridgehead atoms. The third-order valence-corrected chi connectivity index (χ3v) is 6.92. The predicted molar refractivity (Wildman–Crippen MR) is 133 cm³/mol. The van der Waals surface area contributed by atoms with Gasteiger partial charge in [0.25, 0.3) is 5.91 Å². The number of nitrogens with one attached hydrogen (secondary N) is 1. The largest absolute Gasteiger partial charge is 0.495 e. The molecule has 0 unspecified atom stereocenters. The zero-order valence-electron chi connectivity index (χ0n) is 20.3. The molecule has 1 N–H and O–H groups in total. The van der Waals surface area contributed by atoms with Crippen molar-refractivity contribution in [1.82, 2.24) is 4.90 Å². The van der Waals surface area contributed by atoms with Gasteiger partial charge in [-0.2, -0.15) is 0 Å². The standard InChI is InChI=1S/C28H28N2O5/c1-16-9-10-22(33-2)21(13-16)29-27(31)25-19-14-23(34-3)24(35-4)15-20(19)28(32)30-12-11-17-7-5-6-8-18(17)26(25)30/h5-10,13-15,25-26H,11-12H2,1-4H3,(H,29,31)/t25-,26-/m1/s1. The Kier molecular flexibility index (Phi) is 5.84. The van der Waals surface area contributed by atoms with Crippen molar-refractivity contribution in [3.63, 3.8) is 0 Å². The summed E-state index contributed by atoms with van der Waals surface area (Å²) in [6, 6.07) is 16.7.